The number of anilines is 1. The monoisotopic (exact) mass is 379 g/mol. The van der Waals surface area contributed by atoms with Crippen LogP contribution in [0.2, 0.25) is 0 Å². The van der Waals surface area contributed by atoms with Gasteiger partial charge in [-0.3, -0.25) is 9.59 Å². The van der Waals surface area contributed by atoms with E-state index in [9.17, 15) is 19.2 Å². The normalized spacial score (nSPS) is 11.6. The number of pyridine rings is 1. The van der Waals surface area contributed by atoms with Gasteiger partial charge >= 0.3 is 0 Å². The Morgan fingerprint density at radius 1 is 1.25 bits per heavy atom. The minimum absolute atomic E-state index is 0.0480. The lowest BCUT2D eigenvalue weighted by Gasteiger charge is -2.11. The fourth-order valence-electron chi connectivity index (χ4n) is 2.82. The van der Waals surface area contributed by atoms with Crippen molar-refractivity contribution in [3.8, 4) is 11.8 Å². The van der Waals surface area contributed by atoms with E-state index in [4.69, 9.17) is 4.74 Å². The molecule has 0 saturated carbocycles. The number of hydrogen-bond acceptors (Lipinski definition) is 4. The van der Waals surface area contributed by atoms with Crippen LogP contribution in [0.4, 0.5) is 10.1 Å². The highest BCUT2D eigenvalue weighted by molar-refractivity contribution is 5.94. The molecule has 1 heterocycles. The molecule has 0 aliphatic carbocycles. The Kier molecular flexibility index (Phi) is 5.70. The van der Waals surface area contributed by atoms with Crippen LogP contribution < -0.4 is 15.6 Å². The predicted molar refractivity (Wildman–Crippen MR) is 104 cm³/mol. The van der Waals surface area contributed by atoms with Crippen molar-refractivity contribution in [3.63, 3.8) is 0 Å². The van der Waals surface area contributed by atoms with E-state index in [0.29, 0.717) is 29.1 Å². The number of rotatable bonds is 6. The van der Waals surface area contributed by atoms with Crippen LogP contribution in [0.15, 0.2) is 53.3 Å². The van der Waals surface area contributed by atoms with Crippen molar-refractivity contribution in [1.82, 2.24) is 4.98 Å². The van der Waals surface area contributed by atoms with Crippen molar-refractivity contribution < 1.29 is 13.9 Å². The Bertz CT molecular complexity index is 1100. The summed E-state index contributed by atoms with van der Waals surface area (Å²) in [6.45, 7) is 2.39. The van der Waals surface area contributed by atoms with Gasteiger partial charge in [-0.2, -0.15) is 5.26 Å². The van der Waals surface area contributed by atoms with Gasteiger partial charge in [0.15, 0.2) is 0 Å². The molecule has 2 aromatic carbocycles. The molecular formula is C21H18FN3O3. The number of fused-ring (bicyclic) bond motifs is 1. The number of nitriles is 1. The molecule has 7 heteroatoms. The van der Waals surface area contributed by atoms with Gasteiger partial charge in [0.05, 0.1) is 12.7 Å². The third kappa shape index (κ3) is 4.35. The molecule has 0 saturated heterocycles. The van der Waals surface area contributed by atoms with Crippen molar-refractivity contribution in [2.24, 2.45) is 5.92 Å². The summed E-state index contributed by atoms with van der Waals surface area (Å²) in [5.41, 5.74) is 0.982. The number of ether oxygens (including phenoxy) is 1. The first-order valence-electron chi connectivity index (χ1n) is 8.75. The molecule has 0 bridgehead atoms. The zero-order valence-electron chi connectivity index (χ0n) is 15.2. The standard InChI is InChI=1S/C21H18FN3O3/c1-2-28-18-7-8-19-13(11-18)9-14(20(26)25-19)10-15(12-23)21(27)24-17-5-3-16(22)4-6-17/h3-9,11,15H,2,10H2,1H3,(H,24,27)(H,25,26)/t15-/m1/s1. The fourth-order valence-corrected chi connectivity index (χ4v) is 2.82. The Labute approximate surface area is 160 Å². The number of aromatic nitrogens is 1. The molecule has 28 heavy (non-hydrogen) atoms. The highest BCUT2D eigenvalue weighted by atomic mass is 19.1. The molecule has 142 valence electrons. The number of halogens is 1. The lowest BCUT2D eigenvalue weighted by Crippen LogP contribution is -2.26. The molecule has 0 aliphatic rings. The number of hydrogen-bond donors (Lipinski definition) is 2. The number of nitrogens with one attached hydrogen (secondary N) is 2. The highest BCUT2D eigenvalue weighted by Gasteiger charge is 2.20. The lowest BCUT2D eigenvalue weighted by atomic mass is 9.99. The van der Waals surface area contributed by atoms with Crippen molar-refractivity contribution in [2.45, 2.75) is 13.3 Å². The van der Waals surface area contributed by atoms with Gasteiger partial charge in [-0.15, -0.1) is 0 Å². The molecule has 1 atom stereocenters. The van der Waals surface area contributed by atoms with Gasteiger partial charge in [-0.25, -0.2) is 4.39 Å². The minimum atomic E-state index is -1.07. The van der Waals surface area contributed by atoms with Gasteiger partial charge in [0.25, 0.3) is 5.56 Å². The fraction of sp³-hybridized carbons (Fsp3) is 0.190. The smallest absolute Gasteiger partial charge is 0.251 e. The molecule has 1 amide bonds. The summed E-state index contributed by atoms with van der Waals surface area (Å²) in [6, 6.07) is 14.1. The van der Waals surface area contributed by atoms with Gasteiger partial charge in [0, 0.05) is 28.6 Å². The van der Waals surface area contributed by atoms with Crippen LogP contribution in [0, 0.1) is 23.1 Å². The Morgan fingerprint density at radius 3 is 2.68 bits per heavy atom. The van der Waals surface area contributed by atoms with Gasteiger partial charge in [-0.1, -0.05) is 0 Å². The SMILES string of the molecule is CCOc1ccc2[nH]c(=O)c(C[C@H](C#N)C(=O)Nc3ccc(F)cc3)cc2c1. The quantitative estimate of drug-likeness (QED) is 0.686. The third-order valence-electron chi connectivity index (χ3n) is 4.21. The van der Waals surface area contributed by atoms with Crippen molar-refractivity contribution >= 4 is 22.5 Å². The molecule has 3 aromatic rings. The summed E-state index contributed by atoms with van der Waals surface area (Å²) < 4.78 is 18.4. The number of carbonyl (C=O) groups is 1. The Hall–Kier alpha value is -3.66. The molecule has 2 N–H and O–H groups in total. The molecule has 0 radical (unpaired) electrons. The van der Waals surface area contributed by atoms with Crippen LogP contribution in [0.25, 0.3) is 10.9 Å². The number of benzene rings is 2. The van der Waals surface area contributed by atoms with Crippen LogP contribution >= 0.6 is 0 Å². The number of nitrogens with zero attached hydrogens (tertiary/aromatic N) is 1. The van der Waals surface area contributed by atoms with Gasteiger partial charge < -0.3 is 15.0 Å². The minimum Gasteiger partial charge on any atom is -0.494 e. The van der Waals surface area contributed by atoms with E-state index >= 15 is 0 Å². The molecule has 0 aliphatic heterocycles. The first kappa shape index (κ1) is 19.1. The summed E-state index contributed by atoms with van der Waals surface area (Å²) in [4.78, 5) is 27.5. The molecule has 1 aromatic heterocycles. The highest BCUT2D eigenvalue weighted by Crippen LogP contribution is 2.20. The van der Waals surface area contributed by atoms with Crippen LogP contribution in [0.3, 0.4) is 0 Å². The second-order valence-corrected chi connectivity index (χ2v) is 6.19. The van der Waals surface area contributed by atoms with Crippen LogP contribution in [0.5, 0.6) is 5.75 Å². The largest absolute Gasteiger partial charge is 0.494 e. The van der Waals surface area contributed by atoms with Crippen molar-refractivity contribution in [1.29, 1.82) is 5.26 Å². The number of aromatic amines is 1. The van der Waals surface area contributed by atoms with Crippen molar-refractivity contribution in [2.75, 3.05) is 11.9 Å². The van der Waals surface area contributed by atoms with E-state index in [0.717, 1.165) is 5.39 Å². The van der Waals surface area contributed by atoms with Gasteiger partial charge in [-0.05, 0) is 55.5 Å². The second kappa shape index (κ2) is 8.35. The van der Waals surface area contributed by atoms with E-state index < -0.39 is 17.6 Å². The lowest BCUT2D eigenvalue weighted by molar-refractivity contribution is -0.118. The average molecular weight is 379 g/mol. The Balaban J connectivity index is 1.83. The first-order valence-corrected chi connectivity index (χ1v) is 8.75. The second-order valence-electron chi connectivity index (χ2n) is 6.19. The molecule has 3 rings (SSSR count). The maximum absolute atomic E-state index is 13.0. The van der Waals surface area contributed by atoms with E-state index in [1.165, 1.54) is 24.3 Å². The summed E-state index contributed by atoms with van der Waals surface area (Å²) in [5.74, 6) is -1.39. The molecule has 0 fully saturated rings. The number of amides is 1. The summed E-state index contributed by atoms with van der Waals surface area (Å²) in [6.07, 6.45) is -0.0480. The van der Waals surface area contributed by atoms with Crippen LogP contribution in [-0.2, 0) is 11.2 Å². The maximum Gasteiger partial charge on any atom is 0.251 e. The predicted octanol–water partition coefficient (Wildman–Crippen LogP) is 3.39. The maximum atomic E-state index is 13.0. The van der Waals surface area contributed by atoms with E-state index in [1.54, 1.807) is 24.3 Å². The van der Waals surface area contributed by atoms with Crippen LogP contribution in [-0.4, -0.2) is 17.5 Å². The topological polar surface area (TPSA) is 95.0 Å². The molecule has 0 spiro atoms. The summed E-state index contributed by atoms with van der Waals surface area (Å²) in [5, 5.41) is 12.7. The summed E-state index contributed by atoms with van der Waals surface area (Å²) in [7, 11) is 0. The first-order chi connectivity index (χ1) is 13.5. The van der Waals surface area contributed by atoms with Gasteiger partial charge in [0.2, 0.25) is 5.91 Å². The number of H-pyrrole nitrogens is 1. The Morgan fingerprint density at radius 2 is 2.00 bits per heavy atom. The van der Waals surface area contributed by atoms with E-state index in [-0.39, 0.29) is 12.0 Å². The number of carbonyl (C=O) groups excluding carboxylic acids is 1. The van der Waals surface area contributed by atoms with Gasteiger partial charge in [0.1, 0.15) is 17.5 Å². The van der Waals surface area contributed by atoms with Crippen LogP contribution in [0.1, 0.15) is 12.5 Å². The zero-order valence-corrected chi connectivity index (χ0v) is 15.2. The molecular weight excluding hydrogens is 361 g/mol. The molecule has 6 nitrogen and oxygen atoms in total. The zero-order chi connectivity index (χ0) is 20.1. The van der Waals surface area contributed by atoms with Crippen molar-refractivity contribution in [3.05, 3.63) is 70.3 Å². The van der Waals surface area contributed by atoms with E-state index in [1.807, 2.05) is 13.0 Å². The average Bonchev–Trinajstić information content (AvgIpc) is 2.68. The van der Waals surface area contributed by atoms with E-state index in [2.05, 4.69) is 10.3 Å². The third-order valence-corrected chi connectivity index (χ3v) is 4.21. The molecule has 0 unspecified atom stereocenters. The summed E-state index contributed by atoms with van der Waals surface area (Å²) >= 11 is 0.